The van der Waals surface area contributed by atoms with Crippen LogP contribution in [0.4, 0.5) is 10.1 Å². The molecular weight excluding hydrogens is 339 g/mol. The Labute approximate surface area is 151 Å². The van der Waals surface area contributed by atoms with Crippen molar-refractivity contribution in [3.63, 3.8) is 0 Å². The minimum Gasteiger partial charge on any atom is -0.340 e. The van der Waals surface area contributed by atoms with Crippen molar-refractivity contribution in [2.75, 3.05) is 11.6 Å². The topological polar surface area (TPSA) is 58.2 Å². The molecule has 1 unspecified atom stereocenters. The normalized spacial score (nSPS) is 11.9. The maximum absolute atomic E-state index is 13.0. The summed E-state index contributed by atoms with van der Waals surface area (Å²) < 4.78 is 13.0. The van der Waals surface area contributed by atoms with E-state index in [9.17, 15) is 14.0 Å². The standard InChI is InChI=1S/C19H21FN2O2S/c1-12(2)17(22-18(23)13-7-9-14(20)10-8-13)19(24)21-15-5-4-6-16(11-15)25-3/h4-12,17H,1-3H3,(H,21,24)(H,22,23). The van der Waals surface area contributed by atoms with E-state index in [1.54, 1.807) is 17.8 Å². The van der Waals surface area contributed by atoms with Gasteiger partial charge in [-0.05, 0) is 54.6 Å². The van der Waals surface area contributed by atoms with Crippen LogP contribution in [0.5, 0.6) is 0 Å². The lowest BCUT2D eigenvalue weighted by atomic mass is 10.0. The Morgan fingerprint density at radius 2 is 1.76 bits per heavy atom. The van der Waals surface area contributed by atoms with E-state index in [-0.39, 0.29) is 11.8 Å². The fourth-order valence-electron chi connectivity index (χ4n) is 2.28. The van der Waals surface area contributed by atoms with E-state index in [1.807, 2.05) is 38.3 Å². The lowest BCUT2D eigenvalue weighted by molar-refractivity contribution is -0.118. The molecule has 0 aliphatic heterocycles. The number of nitrogens with one attached hydrogen (secondary N) is 2. The van der Waals surface area contributed by atoms with Crippen LogP contribution in [0.2, 0.25) is 0 Å². The number of carbonyl (C=O) groups excluding carboxylic acids is 2. The SMILES string of the molecule is CSc1cccc(NC(=O)C(NC(=O)c2ccc(F)cc2)C(C)C)c1. The van der Waals surface area contributed by atoms with Crippen molar-refractivity contribution in [1.82, 2.24) is 5.32 Å². The van der Waals surface area contributed by atoms with Crippen LogP contribution in [-0.2, 0) is 4.79 Å². The number of benzene rings is 2. The van der Waals surface area contributed by atoms with E-state index in [0.717, 1.165) is 4.90 Å². The quantitative estimate of drug-likeness (QED) is 0.767. The van der Waals surface area contributed by atoms with E-state index < -0.39 is 17.8 Å². The minimum absolute atomic E-state index is 0.104. The maximum atomic E-state index is 13.0. The molecule has 2 aromatic rings. The first-order chi connectivity index (χ1) is 11.9. The number of anilines is 1. The van der Waals surface area contributed by atoms with Crippen LogP contribution < -0.4 is 10.6 Å². The smallest absolute Gasteiger partial charge is 0.251 e. The van der Waals surface area contributed by atoms with Gasteiger partial charge in [0.25, 0.3) is 5.91 Å². The summed E-state index contributed by atoms with van der Waals surface area (Å²) >= 11 is 1.58. The third kappa shape index (κ3) is 5.32. The lowest BCUT2D eigenvalue weighted by Crippen LogP contribution is -2.47. The van der Waals surface area contributed by atoms with Crippen molar-refractivity contribution in [1.29, 1.82) is 0 Å². The maximum Gasteiger partial charge on any atom is 0.251 e. The average molecular weight is 360 g/mol. The van der Waals surface area contributed by atoms with Crippen molar-refractivity contribution in [2.45, 2.75) is 24.8 Å². The van der Waals surface area contributed by atoms with Gasteiger partial charge in [0.05, 0.1) is 0 Å². The molecule has 0 saturated heterocycles. The summed E-state index contributed by atoms with van der Waals surface area (Å²) in [5.74, 6) is -1.22. The summed E-state index contributed by atoms with van der Waals surface area (Å²) in [5.41, 5.74) is 0.989. The van der Waals surface area contributed by atoms with Crippen LogP contribution in [0.3, 0.4) is 0 Å². The van der Waals surface area contributed by atoms with Gasteiger partial charge in [0, 0.05) is 16.1 Å². The average Bonchev–Trinajstić information content (AvgIpc) is 2.59. The zero-order valence-electron chi connectivity index (χ0n) is 14.4. The molecule has 2 aromatic carbocycles. The summed E-state index contributed by atoms with van der Waals surface area (Å²) in [5, 5.41) is 5.56. The largest absolute Gasteiger partial charge is 0.340 e. The summed E-state index contributed by atoms with van der Waals surface area (Å²) in [7, 11) is 0. The van der Waals surface area contributed by atoms with Crippen molar-refractivity contribution < 1.29 is 14.0 Å². The second-order valence-corrected chi connectivity index (χ2v) is 6.80. The first kappa shape index (κ1) is 19.0. The van der Waals surface area contributed by atoms with Gasteiger partial charge in [-0.2, -0.15) is 0 Å². The fourth-order valence-corrected chi connectivity index (χ4v) is 2.74. The summed E-state index contributed by atoms with van der Waals surface area (Å²) in [6.07, 6.45) is 1.96. The monoisotopic (exact) mass is 360 g/mol. The van der Waals surface area contributed by atoms with Gasteiger partial charge >= 0.3 is 0 Å². The highest BCUT2D eigenvalue weighted by molar-refractivity contribution is 7.98. The molecule has 0 aliphatic carbocycles. The zero-order chi connectivity index (χ0) is 18.4. The van der Waals surface area contributed by atoms with Crippen molar-refractivity contribution in [3.8, 4) is 0 Å². The molecule has 6 heteroatoms. The number of rotatable bonds is 6. The third-order valence-electron chi connectivity index (χ3n) is 3.68. The molecular formula is C19H21FN2O2S. The molecule has 2 amide bonds. The highest BCUT2D eigenvalue weighted by atomic mass is 32.2. The minimum atomic E-state index is -0.699. The molecule has 0 spiro atoms. The number of hydrogen-bond donors (Lipinski definition) is 2. The Kier molecular flexibility index (Phi) is 6.58. The molecule has 4 nitrogen and oxygen atoms in total. The predicted octanol–water partition coefficient (Wildman–Crippen LogP) is 3.94. The molecule has 0 saturated carbocycles. The highest BCUT2D eigenvalue weighted by Gasteiger charge is 2.24. The molecule has 0 aliphatic rings. The third-order valence-corrected chi connectivity index (χ3v) is 4.40. The van der Waals surface area contributed by atoms with Crippen LogP contribution >= 0.6 is 11.8 Å². The molecule has 1 atom stereocenters. The molecule has 0 heterocycles. The van der Waals surface area contributed by atoms with Crippen LogP contribution in [0.15, 0.2) is 53.4 Å². The van der Waals surface area contributed by atoms with E-state index in [4.69, 9.17) is 0 Å². The molecule has 0 aromatic heterocycles. The van der Waals surface area contributed by atoms with Crippen LogP contribution in [0.1, 0.15) is 24.2 Å². The molecule has 132 valence electrons. The second kappa shape index (κ2) is 8.67. The van der Waals surface area contributed by atoms with Crippen molar-refractivity contribution in [3.05, 3.63) is 59.9 Å². The van der Waals surface area contributed by atoms with Gasteiger partial charge in [0.15, 0.2) is 0 Å². The van der Waals surface area contributed by atoms with E-state index in [2.05, 4.69) is 10.6 Å². The Bertz CT molecular complexity index is 747. The Balaban J connectivity index is 2.09. The molecule has 0 radical (unpaired) electrons. The van der Waals surface area contributed by atoms with Gasteiger partial charge in [0.2, 0.25) is 5.91 Å². The van der Waals surface area contributed by atoms with Crippen molar-refractivity contribution in [2.24, 2.45) is 5.92 Å². The summed E-state index contributed by atoms with van der Waals surface area (Å²) in [6, 6.07) is 12.0. The Morgan fingerprint density at radius 3 is 2.36 bits per heavy atom. The molecule has 2 N–H and O–H groups in total. The molecule has 0 bridgehead atoms. The van der Waals surface area contributed by atoms with Gasteiger partial charge < -0.3 is 10.6 Å². The Morgan fingerprint density at radius 1 is 1.08 bits per heavy atom. The van der Waals surface area contributed by atoms with Crippen LogP contribution in [-0.4, -0.2) is 24.1 Å². The first-order valence-electron chi connectivity index (χ1n) is 7.92. The fraction of sp³-hybridized carbons (Fsp3) is 0.263. The van der Waals surface area contributed by atoms with Gasteiger partial charge in [-0.3, -0.25) is 9.59 Å². The molecule has 25 heavy (non-hydrogen) atoms. The second-order valence-electron chi connectivity index (χ2n) is 5.92. The van der Waals surface area contributed by atoms with Gasteiger partial charge in [-0.15, -0.1) is 11.8 Å². The number of thioether (sulfide) groups is 1. The summed E-state index contributed by atoms with van der Waals surface area (Å²) in [6.45, 7) is 3.71. The van der Waals surface area contributed by atoms with E-state index in [1.165, 1.54) is 24.3 Å². The first-order valence-corrected chi connectivity index (χ1v) is 9.14. The molecule has 2 rings (SSSR count). The van der Waals surface area contributed by atoms with Crippen LogP contribution in [0.25, 0.3) is 0 Å². The molecule has 0 fully saturated rings. The van der Waals surface area contributed by atoms with Gasteiger partial charge in [-0.1, -0.05) is 19.9 Å². The van der Waals surface area contributed by atoms with Crippen LogP contribution in [0, 0.1) is 11.7 Å². The van der Waals surface area contributed by atoms with Crippen molar-refractivity contribution >= 4 is 29.3 Å². The highest BCUT2D eigenvalue weighted by Crippen LogP contribution is 2.19. The predicted molar refractivity (Wildman–Crippen MR) is 99.3 cm³/mol. The number of halogens is 1. The summed E-state index contributed by atoms with van der Waals surface area (Å²) in [4.78, 5) is 25.9. The number of amides is 2. The number of hydrogen-bond acceptors (Lipinski definition) is 3. The van der Waals surface area contributed by atoms with Gasteiger partial charge in [0.1, 0.15) is 11.9 Å². The Hall–Kier alpha value is -2.34. The van der Waals surface area contributed by atoms with E-state index in [0.29, 0.717) is 11.3 Å². The van der Waals surface area contributed by atoms with E-state index >= 15 is 0 Å². The number of carbonyl (C=O) groups is 2. The lowest BCUT2D eigenvalue weighted by Gasteiger charge is -2.22. The van der Waals surface area contributed by atoms with Gasteiger partial charge in [-0.25, -0.2) is 4.39 Å². The zero-order valence-corrected chi connectivity index (χ0v) is 15.2.